The Kier molecular flexibility index (Phi) is 6.84. The summed E-state index contributed by atoms with van der Waals surface area (Å²) in [5, 5.41) is 6.58. The number of carbonyl (C=O) groups is 3. The molecule has 5 rings (SSSR count). The zero-order valence-electron chi connectivity index (χ0n) is 19.1. The first kappa shape index (κ1) is 26.1. The first-order valence-corrected chi connectivity index (χ1v) is 13.0. The number of halogens is 5. The van der Waals surface area contributed by atoms with Gasteiger partial charge in [0.1, 0.15) is 4.33 Å². The minimum absolute atomic E-state index is 0.0146. The fraction of sp³-hybridized carbons (Fsp3) is 0.192. The lowest BCUT2D eigenvalue weighted by atomic mass is 10.1. The highest BCUT2D eigenvalue weighted by atomic mass is 35.5. The van der Waals surface area contributed by atoms with Crippen LogP contribution in [0, 0.1) is 5.92 Å². The Morgan fingerprint density at radius 3 is 2.27 bits per heavy atom. The van der Waals surface area contributed by atoms with Crippen molar-refractivity contribution in [1.82, 2.24) is 0 Å². The molecular weight excluding hydrogens is 580 g/mol. The molecule has 3 amide bonds. The number of rotatable bonds is 5. The van der Waals surface area contributed by atoms with Crippen molar-refractivity contribution in [1.29, 1.82) is 0 Å². The van der Waals surface area contributed by atoms with E-state index in [0.717, 1.165) is 11.3 Å². The maximum absolute atomic E-state index is 13.1. The third-order valence-electron chi connectivity index (χ3n) is 6.47. The fourth-order valence-electron chi connectivity index (χ4n) is 4.57. The maximum atomic E-state index is 13.1. The molecule has 2 N–H and O–H groups in total. The van der Waals surface area contributed by atoms with Crippen LogP contribution in [0.3, 0.4) is 0 Å². The van der Waals surface area contributed by atoms with Gasteiger partial charge < -0.3 is 15.5 Å². The van der Waals surface area contributed by atoms with Gasteiger partial charge in [0.15, 0.2) is 0 Å². The van der Waals surface area contributed by atoms with Crippen molar-refractivity contribution in [3.63, 3.8) is 0 Å². The first-order valence-electron chi connectivity index (χ1n) is 11.1. The second-order valence-electron chi connectivity index (χ2n) is 8.94. The molecule has 2 aliphatic rings. The van der Waals surface area contributed by atoms with Crippen molar-refractivity contribution >= 4 is 92.8 Å². The smallest absolute Gasteiger partial charge is 0.257 e. The summed E-state index contributed by atoms with van der Waals surface area (Å²) in [6, 6.07) is 14.7. The number of likely N-dealkylation sites (N-methyl/N-ethyl adjacent to an activating group) is 1. The van der Waals surface area contributed by atoms with Crippen LogP contribution in [0.1, 0.15) is 27.4 Å². The Balaban J connectivity index is 1.31. The number of benzene rings is 3. The van der Waals surface area contributed by atoms with Gasteiger partial charge in [0.05, 0.1) is 22.9 Å². The molecule has 1 aliphatic heterocycles. The standard InChI is InChI=1S/C26H18Cl5N3O3/c1-34-20-5-3-16(8-12(20)9-21(34)35)32-24(36)18-11-17(2-4-19(18)29)33-25(37)23-22(26(23,30)31)13-6-14(27)10-15(28)7-13/h2-8,10-11,22-23H,9H2,1H3,(H,32,36)(H,33,37). The molecule has 2 unspecified atom stereocenters. The summed E-state index contributed by atoms with van der Waals surface area (Å²) >= 11 is 31.4. The van der Waals surface area contributed by atoms with Crippen molar-refractivity contribution in [2.45, 2.75) is 16.7 Å². The molecule has 0 saturated heterocycles. The predicted molar refractivity (Wildman–Crippen MR) is 149 cm³/mol. The molecule has 1 saturated carbocycles. The second-order valence-corrected chi connectivity index (χ2v) is 11.7. The molecule has 11 heteroatoms. The summed E-state index contributed by atoms with van der Waals surface area (Å²) in [6.45, 7) is 0. The van der Waals surface area contributed by atoms with Gasteiger partial charge in [-0.3, -0.25) is 14.4 Å². The predicted octanol–water partition coefficient (Wildman–Crippen LogP) is 6.94. The van der Waals surface area contributed by atoms with Crippen LogP contribution in [0.25, 0.3) is 0 Å². The van der Waals surface area contributed by atoms with Gasteiger partial charge in [-0.2, -0.15) is 0 Å². The molecule has 0 spiro atoms. The molecule has 1 aliphatic carbocycles. The normalized spacial score (nSPS) is 19.4. The van der Waals surface area contributed by atoms with Gasteiger partial charge in [0.25, 0.3) is 5.91 Å². The maximum Gasteiger partial charge on any atom is 0.257 e. The van der Waals surface area contributed by atoms with E-state index in [1.54, 1.807) is 54.4 Å². The Morgan fingerprint density at radius 1 is 0.919 bits per heavy atom. The van der Waals surface area contributed by atoms with Gasteiger partial charge in [-0.1, -0.05) is 34.8 Å². The molecular formula is C26H18Cl5N3O3. The number of nitrogens with zero attached hydrogens (tertiary/aromatic N) is 1. The monoisotopic (exact) mass is 595 g/mol. The minimum atomic E-state index is -1.34. The van der Waals surface area contributed by atoms with E-state index in [1.807, 2.05) is 0 Å². The summed E-state index contributed by atoms with van der Waals surface area (Å²) in [6.07, 6.45) is 0.268. The largest absolute Gasteiger partial charge is 0.326 e. The number of carbonyl (C=O) groups excluding carboxylic acids is 3. The van der Waals surface area contributed by atoms with Crippen LogP contribution in [-0.4, -0.2) is 29.1 Å². The van der Waals surface area contributed by atoms with Crippen molar-refractivity contribution < 1.29 is 14.4 Å². The highest BCUT2D eigenvalue weighted by Crippen LogP contribution is 2.65. The second kappa shape index (κ2) is 9.68. The molecule has 0 bridgehead atoms. The molecule has 0 aromatic heterocycles. The Labute approximate surface area is 237 Å². The van der Waals surface area contributed by atoms with E-state index in [-0.39, 0.29) is 22.9 Å². The van der Waals surface area contributed by atoms with E-state index in [2.05, 4.69) is 10.6 Å². The van der Waals surface area contributed by atoms with Crippen molar-refractivity contribution in [3.05, 3.63) is 86.4 Å². The van der Waals surface area contributed by atoms with Crippen LogP contribution < -0.4 is 15.5 Å². The SMILES string of the molecule is CN1C(=O)Cc2cc(NC(=O)c3cc(NC(=O)C4C(c5cc(Cl)cc(Cl)c5)C4(Cl)Cl)ccc3Cl)ccc21. The average Bonchev–Trinajstić information content (AvgIpc) is 3.29. The van der Waals surface area contributed by atoms with Crippen LogP contribution in [0.5, 0.6) is 0 Å². The van der Waals surface area contributed by atoms with Crippen LogP contribution in [0.2, 0.25) is 15.1 Å². The molecule has 3 aromatic carbocycles. The summed E-state index contributed by atoms with van der Waals surface area (Å²) < 4.78 is -1.34. The number of hydrogen-bond acceptors (Lipinski definition) is 3. The number of amides is 3. The zero-order valence-corrected chi connectivity index (χ0v) is 22.9. The summed E-state index contributed by atoms with van der Waals surface area (Å²) in [4.78, 5) is 39.6. The molecule has 1 heterocycles. The van der Waals surface area contributed by atoms with Crippen LogP contribution >= 0.6 is 58.0 Å². The van der Waals surface area contributed by atoms with E-state index in [4.69, 9.17) is 58.0 Å². The zero-order chi connectivity index (χ0) is 26.6. The van der Waals surface area contributed by atoms with Crippen LogP contribution in [0.4, 0.5) is 17.1 Å². The number of anilines is 3. The lowest BCUT2D eigenvalue weighted by molar-refractivity contribution is -0.118. The van der Waals surface area contributed by atoms with Gasteiger partial charge in [-0.15, -0.1) is 23.2 Å². The highest BCUT2D eigenvalue weighted by molar-refractivity contribution is 6.53. The van der Waals surface area contributed by atoms with Gasteiger partial charge >= 0.3 is 0 Å². The minimum Gasteiger partial charge on any atom is -0.326 e. The number of fused-ring (bicyclic) bond motifs is 1. The summed E-state index contributed by atoms with van der Waals surface area (Å²) in [5.41, 5.74) is 3.31. The summed E-state index contributed by atoms with van der Waals surface area (Å²) in [5.74, 6) is -2.18. The van der Waals surface area contributed by atoms with E-state index in [0.29, 0.717) is 27.0 Å². The van der Waals surface area contributed by atoms with Crippen molar-refractivity contribution in [2.24, 2.45) is 5.92 Å². The topological polar surface area (TPSA) is 78.5 Å². The lowest BCUT2D eigenvalue weighted by Crippen LogP contribution is -2.20. The molecule has 37 heavy (non-hydrogen) atoms. The third kappa shape index (κ3) is 5.01. The van der Waals surface area contributed by atoms with Crippen molar-refractivity contribution in [2.75, 3.05) is 22.6 Å². The van der Waals surface area contributed by atoms with Crippen LogP contribution in [-0.2, 0) is 16.0 Å². The van der Waals surface area contributed by atoms with E-state index < -0.39 is 28.0 Å². The fourth-order valence-corrected chi connectivity index (χ4v) is 6.14. The lowest BCUT2D eigenvalue weighted by Gasteiger charge is -2.12. The number of alkyl halides is 2. The Bertz CT molecular complexity index is 1460. The van der Waals surface area contributed by atoms with Gasteiger partial charge in [0, 0.05) is 40.1 Å². The van der Waals surface area contributed by atoms with Gasteiger partial charge in [-0.05, 0) is 65.7 Å². The molecule has 2 atom stereocenters. The third-order valence-corrected chi connectivity index (χ3v) is 8.18. The number of nitrogens with one attached hydrogen (secondary N) is 2. The van der Waals surface area contributed by atoms with Gasteiger partial charge in [0.2, 0.25) is 11.8 Å². The van der Waals surface area contributed by atoms with E-state index in [9.17, 15) is 14.4 Å². The molecule has 190 valence electrons. The van der Waals surface area contributed by atoms with E-state index >= 15 is 0 Å². The Hall–Kier alpha value is -2.48. The molecule has 3 aromatic rings. The quantitative estimate of drug-likeness (QED) is 0.313. The molecule has 1 fully saturated rings. The van der Waals surface area contributed by atoms with Gasteiger partial charge in [-0.25, -0.2) is 0 Å². The van der Waals surface area contributed by atoms with E-state index in [1.165, 1.54) is 12.1 Å². The average molecular weight is 598 g/mol. The Morgan fingerprint density at radius 2 is 1.57 bits per heavy atom. The first-order chi connectivity index (χ1) is 17.5. The van der Waals surface area contributed by atoms with Crippen LogP contribution in [0.15, 0.2) is 54.6 Å². The molecule has 0 radical (unpaired) electrons. The summed E-state index contributed by atoms with van der Waals surface area (Å²) in [7, 11) is 1.71. The highest BCUT2D eigenvalue weighted by Gasteiger charge is 2.67. The molecule has 6 nitrogen and oxygen atoms in total. The number of hydrogen-bond donors (Lipinski definition) is 2. The van der Waals surface area contributed by atoms with Crippen molar-refractivity contribution in [3.8, 4) is 0 Å².